The van der Waals surface area contributed by atoms with Crippen molar-refractivity contribution >= 4 is 17.6 Å². The predicted octanol–water partition coefficient (Wildman–Crippen LogP) is 4.22. The molecule has 2 saturated heterocycles. The van der Waals surface area contributed by atoms with Crippen molar-refractivity contribution in [1.29, 1.82) is 0 Å². The van der Waals surface area contributed by atoms with Crippen LogP contribution in [0.15, 0.2) is 36.4 Å². The van der Waals surface area contributed by atoms with Crippen LogP contribution in [-0.4, -0.2) is 64.1 Å². The summed E-state index contributed by atoms with van der Waals surface area (Å²) >= 11 is 0. The first-order valence-corrected chi connectivity index (χ1v) is 12.8. The van der Waals surface area contributed by atoms with E-state index in [1.54, 1.807) is 0 Å². The van der Waals surface area contributed by atoms with Crippen LogP contribution < -0.4 is 5.32 Å². The number of nitrogens with one attached hydrogen (secondary N) is 1. The van der Waals surface area contributed by atoms with E-state index in [1.807, 2.05) is 41.1 Å². The van der Waals surface area contributed by atoms with Gasteiger partial charge < -0.3 is 10.2 Å². The Hall–Kier alpha value is -2.67. The van der Waals surface area contributed by atoms with E-state index < -0.39 is 0 Å². The third kappa shape index (κ3) is 6.06. The number of likely N-dealkylation sites (tertiary alicyclic amines) is 2. The molecule has 2 amide bonds. The molecule has 0 radical (unpaired) electrons. The maximum atomic E-state index is 13.0. The number of piperidine rings is 1. The van der Waals surface area contributed by atoms with E-state index in [0.717, 1.165) is 63.2 Å². The quantitative estimate of drug-likeness (QED) is 0.718. The molecular weight excluding hydrogens is 426 g/mol. The van der Waals surface area contributed by atoms with Gasteiger partial charge in [-0.05, 0) is 50.9 Å². The third-order valence-electron chi connectivity index (χ3n) is 6.97. The molecular formula is C27H39N5O2. The first kappa shape index (κ1) is 24.5. The molecule has 0 saturated carbocycles. The van der Waals surface area contributed by atoms with Crippen molar-refractivity contribution in [3.63, 3.8) is 0 Å². The molecule has 1 N–H and O–H groups in total. The van der Waals surface area contributed by atoms with Gasteiger partial charge in [-0.1, -0.05) is 51.8 Å². The topological polar surface area (TPSA) is 70.5 Å². The molecule has 0 atom stereocenters. The molecule has 7 heteroatoms. The Kier molecular flexibility index (Phi) is 7.71. The highest BCUT2D eigenvalue weighted by atomic mass is 16.2. The number of rotatable bonds is 5. The summed E-state index contributed by atoms with van der Waals surface area (Å²) in [6, 6.07) is 11.9. The van der Waals surface area contributed by atoms with Gasteiger partial charge in [-0.3, -0.25) is 14.5 Å². The van der Waals surface area contributed by atoms with Gasteiger partial charge >= 0.3 is 0 Å². The van der Waals surface area contributed by atoms with Crippen LogP contribution in [0.1, 0.15) is 65.0 Å². The van der Waals surface area contributed by atoms with Crippen molar-refractivity contribution in [1.82, 2.24) is 19.6 Å². The standard InChI is InChI=1S/C27H39N5O2/c1-27(2,3)23-19-24(32(29-23)22-11-7-6-8-12-22)28-25(33)20-30-17-13-21(14-18-30)26(34)31-15-9-4-5-10-16-31/h6-8,11-12,19,21H,4-5,9-10,13-18,20H2,1-3H3,(H,28,33). The lowest BCUT2D eigenvalue weighted by Gasteiger charge is -2.33. The van der Waals surface area contributed by atoms with E-state index in [-0.39, 0.29) is 17.2 Å². The molecule has 4 rings (SSSR count). The normalized spacial score (nSPS) is 18.5. The first-order valence-electron chi connectivity index (χ1n) is 12.8. The van der Waals surface area contributed by atoms with Gasteiger partial charge in [-0.15, -0.1) is 0 Å². The van der Waals surface area contributed by atoms with Crippen molar-refractivity contribution in [2.45, 2.75) is 64.7 Å². The summed E-state index contributed by atoms with van der Waals surface area (Å²) in [5.74, 6) is 1.07. The minimum Gasteiger partial charge on any atom is -0.342 e. The zero-order valence-corrected chi connectivity index (χ0v) is 20.9. The largest absolute Gasteiger partial charge is 0.342 e. The first-order chi connectivity index (χ1) is 16.3. The molecule has 1 aromatic heterocycles. The number of anilines is 1. The minimum absolute atomic E-state index is 0.0464. The van der Waals surface area contributed by atoms with Gasteiger partial charge in [0.2, 0.25) is 11.8 Å². The summed E-state index contributed by atoms with van der Waals surface area (Å²) in [6.45, 7) is 10.1. The smallest absolute Gasteiger partial charge is 0.239 e. The Labute approximate surface area is 203 Å². The number of para-hydroxylation sites is 1. The molecule has 1 aromatic carbocycles. The molecule has 7 nitrogen and oxygen atoms in total. The molecule has 0 spiro atoms. The maximum absolute atomic E-state index is 13.0. The van der Waals surface area contributed by atoms with Gasteiger partial charge in [0.05, 0.1) is 17.9 Å². The van der Waals surface area contributed by atoms with Gasteiger partial charge in [0.25, 0.3) is 0 Å². The van der Waals surface area contributed by atoms with E-state index in [9.17, 15) is 9.59 Å². The Morgan fingerprint density at radius 2 is 1.62 bits per heavy atom. The van der Waals surface area contributed by atoms with Gasteiger partial charge in [-0.25, -0.2) is 4.68 Å². The highest BCUT2D eigenvalue weighted by Gasteiger charge is 2.30. The van der Waals surface area contributed by atoms with E-state index >= 15 is 0 Å². The number of aromatic nitrogens is 2. The Bertz CT molecular complexity index is 963. The van der Waals surface area contributed by atoms with Gasteiger partial charge in [0, 0.05) is 30.5 Å². The molecule has 2 aromatic rings. The highest BCUT2D eigenvalue weighted by Crippen LogP contribution is 2.27. The van der Waals surface area contributed by atoms with E-state index in [4.69, 9.17) is 5.10 Å². The summed E-state index contributed by atoms with van der Waals surface area (Å²) in [5.41, 5.74) is 1.72. The lowest BCUT2D eigenvalue weighted by molar-refractivity contribution is -0.137. The van der Waals surface area contributed by atoms with Crippen LogP contribution in [-0.2, 0) is 15.0 Å². The fourth-order valence-electron chi connectivity index (χ4n) is 4.88. The number of benzene rings is 1. The van der Waals surface area contributed by atoms with Crippen LogP contribution in [0.4, 0.5) is 5.82 Å². The average Bonchev–Trinajstić information content (AvgIpc) is 3.06. The molecule has 2 fully saturated rings. The fourth-order valence-corrected chi connectivity index (χ4v) is 4.88. The fraction of sp³-hybridized carbons (Fsp3) is 0.593. The number of hydrogen-bond acceptors (Lipinski definition) is 4. The zero-order chi connectivity index (χ0) is 24.1. The van der Waals surface area contributed by atoms with Crippen LogP contribution >= 0.6 is 0 Å². The summed E-state index contributed by atoms with van der Waals surface area (Å²) in [4.78, 5) is 30.1. The van der Waals surface area contributed by atoms with Crippen LogP contribution in [0.5, 0.6) is 0 Å². The predicted molar refractivity (Wildman–Crippen MR) is 135 cm³/mol. The second-order valence-electron chi connectivity index (χ2n) is 10.8. The second-order valence-corrected chi connectivity index (χ2v) is 10.8. The lowest BCUT2D eigenvalue weighted by atomic mass is 9.92. The maximum Gasteiger partial charge on any atom is 0.239 e. The molecule has 0 aliphatic carbocycles. The summed E-state index contributed by atoms with van der Waals surface area (Å²) < 4.78 is 1.81. The Morgan fingerprint density at radius 1 is 0.971 bits per heavy atom. The van der Waals surface area contributed by atoms with Crippen molar-refractivity contribution < 1.29 is 9.59 Å². The van der Waals surface area contributed by atoms with Gasteiger partial charge in [0.1, 0.15) is 5.82 Å². The van der Waals surface area contributed by atoms with E-state index in [2.05, 4.69) is 35.9 Å². The van der Waals surface area contributed by atoms with Crippen LogP contribution in [0.2, 0.25) is 0 Å². The Balaban J connectivity index is 1.35. The van der Waals surface area contributed by atoms with Crippen molar-refractivity contribution in [3.05, 3.63) is 42.1 Å². The summed E-state index contributed by atoms with van der Waals surface area (Å²) in [5, 5.41) is 7.86. The van der Waals surface area contributed by atoms with Crippen molar-refractivity contribution in [2.24, 2.45) is 5.92 Å². The number of nitrogens with zero attached hydrogens (tertiary/aromatic N) is 4. The zero-order valence-electron chi connectivity index (χ0n) is 20.9. The van der Waals surface area contributed by atoms with E-state index in [1.165, 1.54) is 12.8 Å². The number of amides is 2. The van der Waals surface area contributed by atoms with Crippen LogP contribution in [0.3, 0.4) is 0 Å². The van der Waals surface area contributed by atoms with Crippen LogP contribution in [0, 0.1) is 5.92 Å². The van der Waals surface area contributed by atoms with Gasteiger partial charge in [0.15, 0.2) is 0 Å². The highest BCUT2D eigenvalue weighted by molar-refractivity contribution is 5.92. The molecule has 0 bridgehead atoms. The second kappa shape index (κ2) is 10.7. The van der Waals surface area contributed by atoms with Crippen molar-refractivity contribution in [2.75, 3.05) is 38.0 Å². The number of hydrogen-bond donors (Lipinski definition) is 1. The summed E-state index contributed by atoms with van der Waals surface area (Å²) in [7, 11) is 0. The lowest BCUT2D eigenvalue weighted by Crippen LogP contribution is -2.44. The third-order valence-corrected chi connectivity index (χ3v) is 6.97. The number of carbonyl (C=O) groups excluding carboxylic acids is 2. The molecule has 34 heavy (non-hydrogen) atoms. The SMILES string of the molecule is CC(C)(C)c1cc(NC(=O)CN2CCC(C(=O)N3CCCCCC3)CC2)n(-c2ccccc2)n1. The van der Waals surface area contributed by atoms with Gasteiger partial charge in [-0.2, -0.15) is 5.10 Å². The molecule has 184 valence electrons. The monoisotopic (exact) mass is 465 g/mol. The summed E-state index contributed by atoms with van der Waals surface area (Å²) in [6.07, 6.45) is 6.38. The molecule has 0 unspecified atom stereocenters. The molecule has 3 heterocycles. The molecule has 2 aliphatic rings. The minimum atomic E-state index is -0.124. The van der Waals surface area contributed by atoms with Crippen LogP contribution in [0.25, 0.3) is 5.69 Å². The number of carbonyl (C=O) groups is 2. The Morgan fingerprint density at radius 3 is 2.24 bits per heavy atom. The van der Waals surface area contributed by atoms with E-state index in [0.29, 0.717) is 18.3 Å². The van der Waals surface area contributed by atoms with Crippen molar-refractivity contribution in [3.8, 4) is 5.69 Å². The molecule has 2 aliphatic heterocycles. The average molecular weight is 466 g/mol.